The van der Waals surface area contributed by atoms with Gasteiger partial charge in [0, 0.05) is 30.1 Å². The Morgan fingerprint density at radius 1 is 1.02 bits per heavy atom. The lowest BCUT2D eigenvalue weighted by Gasteiger charge is -2.39. The SMILES string of the molecule is C#CC1(CC(=O)C2(NC(=O)c3cc4ccc(-c5ccc(-n6cn[nH]c6=O)cc5)cc4o3)CCC(F)(F)CC2)CC1. The van der Waals surface area contributed by atoms with Crippen LogP contribution in [0, 0.1) is 17.8 Å². The van der Waals surface area contributed by atoms with E-state index in [-0.39, 0.29) is 36.5 Å². The normalized spacial score (nSPS) is 18.6. The van der Waals surface area contributed by atoms with Gasteiger partial charge in [0.25, 0.3) is 5.91 Å². The molecule has 0 spiro atoms. The highest BCUT2D eigenvalue weighted by molar-refractivity contribution is 6.01. The van der Waals surface area contributed by atoms with Gasteiger partial charge in [-0.05, 0) is 61.1 Å². The number of amides is 1. The lowest BCUT2D eigenvalue weighted by Crippen LogP contribution is -2.58. The Labute approximate surface area is 227 Å². The van der Waals surface area contributed by atoms with Gasteiger partial charge in [-0.1, -0.05) is 30.2 Å². The predicted molar refractivity (Wildman–Crippen MR) is 143 cm³/mol. The second-order valence-corrected chi connectivity index (χ2v) is 10.9. The van der Waals surface area contributed by atoms with Gasteiger partial charge in [0.15, 0.2) is 11.5 Å². The summed E-state index contributed by atoms with van der Waals surface area (Å²) in [5.74, 6) is -1.14. The van der Waals surface area contributed by atoms with Crippen molar-refractivity contribution in [2.45, 2.75) is 56.4 Å². The minimum Gasteiger partial charge on any atom is -0.451 e. The number of carbonyl (C=O) groups is 2. The van der Waals surface area contributed by atoms with Crippen LogP contribution >= 0.6 is 0 Å². The van der Waals surface area contributed by atoms with E-state index in [1.54, 1.807) is 24.3 Å². The molecule has 0 atom stereocenters. The van der Waals surface area contributed by atoms with Crippen molar-refractivity contribution in [2.75, 3.05) is 0 Å². The molecule has 0 bridgehead atoms. The quantitative estimate of drug-likeness (QED) is 0.318. The number of furan rings is 1. The second-order valence-electron chi connectivity index (χ2n) is 10.9. The maximum Gasteiger partial charge on any atom is 0.347 e. The van der Waals surface area contributed by atoms with Crippen LogP contribution in [0.5, 0.6) is 0 Å². The lowest BCUT2D eigenvalue weighted by molar-refractivity contribution is -0.131. The molecule has 2 aliphatic carbocycles. The second kappa shape index (κ2) is 9.30. The zero-order valence-electron chi connectivity index (χ0n) is 21.5. The smallest absolute Gasteiger partial charge is 0.347 e. The molecule has 0 aliphatic heterocycles. The van der Waals surface area contributed by atoms with E-state index >= 15 is 0 Å². The van der Waals surface area contributed by atoms with Gasteiger partial charge in [-0.25, -0.2) is 23.2 Å². The van der Waals surface area contributed by atoms with E-state index in [1.807, 2.05) is 24.3 Å². The molecular formula is C30H26F2N4O4. The Balaban J connectivity index is 1.24. The van der Waals surface area contributed by atoms with Gasteiger partial charge in [0.1, 0.15) is 11.9 Å². The van der Waals surface area contributed by atoms with Gasteiger partial charge < -0.3 is 9.73 Å². The highest BCUT2D eigenvalue weighted by Crippen LogP contribution is 2.50. The molecular weight excluding hydrogens is 518 g/mol. The van der Waals surface area contributed by atoms with Gasteiger partial charge in [0.2, 0.25) is 5.92 Å². The average Bonchev–Trinajstić information content (AvgIpc) is 3.36. The number of nitrogens with zero attached hydrogens (tertiary/aromatic N) is 2. The summed E-state index contributed by atoms with van der Waals surface area (Å²) in [5, 5.41) is 9.53. The van der Waals surface area contributed by atoms with Gasteiger partial charge >= 0.3 is 5.69 Å². The largest absolute Gasteiger partial charge is 0.451 e. The van der Waals surface area contributed by atoms with Crippen LogP contribution in [0.4, 0.5) is 8.78 Å². The van der Waals surface area contributed by atoms with E-state index in [0.717, 1.165) is 11.1 Å². The van der Waals surface area contributed by atoms with Crippen molar-refractivity contribution in [1.82, 2.24) is 20.1 Å². The first kappa shape index (κ1) is 25.7. The van der Waals surface area contributed by atoms with Gasteiger partial charge in [0.05, 0.1) is 11.2 Å². The van der Waals surface area contributed by atoms with Crippen molar-refractivity contribution in [3.63, 3.8) is 0 Å². The summed E-state index contributed by atoms with van der Waals surface area (Å²) in [4.78, 5) is 38.5. The van der Waals surface area contributed by atoms with E-state index in [1.165, 1.54) is 10.9 Å². The van der Waals surface area contributed by atoms with Crippen molar-refractivity contribution in [3.8, 4) is 29.2 Å². The molecule has 2 aromatic carbocycles. The number of hydrogen-bond donors (Lipinski definition) is 2. The fraction of sp³-hybridized carbons (Fsp3) is 0.333. The monoisotopic (exact) mass is 544 g/mol. The summed E-state index contributed by atoms with van der Waals surface area (Å²) in [7, 11) is 0. The van der Waals surface area contributed by atoms with Crippen LogP contribution < -0.4 is 11.0 Å². The third-order valence-electron chi connectivity index (χ3n) is 8.16. The summed E-state index contributed by atoms with van der Waals surface area (Å²) in [6, 6.07) is 14.3. The fourth-order valence-electron chi connectivity index (χ4n) is 5.36. The highest BCUT2D eigenvalue weighted by Gasteiger charge is 2.52. The third-order valence-corrected chi connectivity index (χ3v) is 8.16. The molecule has 10 heteroatoms. The molecule has 2 aliphatic rings. The predicted octanol–water partition coefficient (Wildman–Crippen LogP) is 5.02. The zero-order chi connectivity index (χ0) is 28.1. The van der Waals surface area contributed by atoms with Crippen molar-refractivity contribution >= 4 is 22.7 Å². The Bertz CT molecular complexity index is 1710. The molecule has 1 amide bonds. The molecule has 6 rings (SSSR count). The molecule has 4 aromatic rings. The van der Waals surface area contributed by atoms with Crippen molar-refractivity contribution in [1.29, 1.82) is 0 Å². The molecule has 8 nitrogen and oxygen atoms in total. The number of hydrogen-bond acceptors (Lipinski definition) is 5. The number of Topliss-reactive ketones (excluding diaryl/α,β-unsaturated/α-hetero) is 1. The summed E-state index contributed by atoms with van der Waals surface area (Å²) in [6.45, 7) is 0. The van der Waals surface area contributed by atoms with Crippen molar-refractivity contribution < 1.29 is 22.8 Å². The zero-order valence-corrected chi connectivity index (χ0v) is 21.5. The summed E-state index contributed by atoms with van der Waals surface area (Å²) in [5.41, 5.74) is 0.511. The van der Waals surface area contributed by atoms with E-state index in [0.29, 0.717) is 29.5 Å². The van der Waals surface area contributed by atoms with Crippen molar-refractivity contribution in [2.24, 2.45) is 5.41 Å². The number of halogens is 2. The molecule has 40 heavy (non-hydrogen) atoms. The Kier molecular flexibility index (Phi) is 5.98. The number of carbonyl (C=O) groups excluding carboxylic acids is 2. The number of terminal acetylenes is 1. The maximum absolute atomic E-state index is 14.0. The molecule has 2 heterocycles. The number of alkyl halides is 2. The molecule has 2 fully saturated rings. The van der Waals surface area contributed by atoms with E-state index in [9.17, 15) is 23.2 Å². The van der Waals surface area contributed by atoms with E-state index in [4.69, 9.17) is 10.8 Å². The fourth-order valence-corrected chi connectivity index (χ4v) is 5.36. The standard InChI is InChI=1S/C30H26F2N4O4/c1-2-28(9-10-28)17-25(37)29(11-13-30(31,32)14-12-29)34-26(38)24-16-21-4-3-20(15-23(21)40-24)19-5-7-22(8-6-19)36-18-33-35-27(36)39/h1,3-8,15-16,18H,9-14,17H2,(H,34,38)(H,35,39). The molecule has 0 unspecified atom stereocenters. The number of aromatic nitrogens is 3. The van der Waals surface area contributed by atoms with Crippen molar-refractivity contribution in [3.05, 3.63) is 71.1 Å². The molecule has 2 saturated carbocycles. The van der Waals surface area contributed by atoms with Crippen LogP contribution in [-0.2, 0) is 4.79 Å². The highest BCUT2D eigenvalue weighted by atomic mass is 19.3. The molecule has 2 N–H and O–H groups in total. The lowest BCUT2D eigenvalue weighted by atomic mass is 9.74. The van der Waals surface area contributed by atoms with Gasteiger partial charge in [-0.2, -0.15) is 5.10 Å². The Hall–Kier alpha value is -4.52. The van der Waals surface area contributed by atoms with Crippen LogP contribution in [0.25, 0.3) is 27.8 Å². The number of rotatable bonds is 7. The van der Waals surface area contributed by atoms with Crippen LogP contribution in [-0.4, -0.2) is 37.9 Å². The Morgan fingerprint density at radius 2 is 1.73 bits per heavy atom. The number of H-pyrrole nitrogens is 1. The minimum atomic E-state index is -2.87. The summed E-state index contributed by atoms with van der Waals surface area (Å²) in [6.07, 6.45) is 7.22. The molecule has 0 radical (unpaired) electrons. The molecule has 0 saturated heterocycles. The number of nitrogens with one attached hydrogen (secondary N) is 2. The van der Waals surface area contributed by atoms with Crippen LogP contribution in [0.3, 0.4) is 0 Å². The average molecular weight is 545 g/mol. The molecule has 2 aromatic heterocycles. The number of aromatic amines is 1. The first-order chi connectivity index (χ1) is 19.1. The van der Waals surface area contributed by atoms with Gasteiger partial charge in [-0.15, -0.1) is 6.42 Å². The summed E-state index contributed by atoms with van der Waals surface area (Å²) < 4.78 is 35.3. The van der Waals surface area contributed by atoms with Crippen LogP contribution in [0.1, 0.15) is 55.5 Å². The summed E-state index contributed by atoms with van der Waals surface area (Å²) >= 11 is 0. The topological polar surface area (TPSA) is 110 Å². The number of benzene rings is 2. The Morgan fingerprint density at radius 3 is 2.35 bits per heavy atom. The first-order valence-corrected chi connectivity index (χ1v) is 13.1. The third kappa shape index (κ3) is 4.72. The maximum atomic E-state index is 14.0. The van der Waals surface area contributed by atoms with E-state index < -0.39 is 35.6 Å². The number of ketones is 1. The minimum absolute atomic E-state index is 0.00979. The number of fused-ring (bicyclic) bond motifs is 1. The van der Waals surface area contributed by atoms with Crippen LogP contribution in [0.15, 0.2) is 64.1 Å². The van der Waals surface area contributed by atoms with Gasteiger partial charge in [-0.3, -0.25) is 9.59 Å². The first-order valence-electron chi connectivity index (χ1n) is 13.1. The van der Waals surface area contributed by atoms with Crippen LogP contribution in [0.2, 0.25) is 0 Å². The van der Waals surface area contributed by atoms with E-state index in [2.05, 4.69) is 21.4 Å². The molecule has 204 valence electrons.